The second-order valence-corrected chi connectivity index (χ2v) is 7.42. The van der Waals surface area contributed by atoms with Gasteiger partial charge in [-0.25, -0.2) is 4.99 Å². The third kappa shape index (κ3) is 2.84. The van der Waals surface area contributed by atoms with Gasteiger partial charge in [0.1, 0.15) is 0 Å². The molecule has 1 unspecified atom stereocenters. The first-order valence-electron chi connectivity index (χ1n) is 8.58. The van der Waals surface area contributed by atoms with Crippen LogP contribution in [0.3, 0.4) is 0 Å². The van der Waals surface area contributed by atoms with E-state index in [0.29, 0.717) is 6.04 Å². The van der Waals surface area contributed by atoms with E-state index in [1.165, 1.54) is 41.6 Å². The Hall–Kier alpha value is -2.13. The molecule has 0 bridgehead atoms. The molecule has 0 saturated carbocycles. The molecule has 1 aromatic heterocycles. The fourth-order valence-electron chi connectivity index (χ4n) is 3.59. The SMILES string of the molecule is Cc1ccc(N=c2scc(C)n2C2CCCc3ccccc32)cc1. The average Bonchev–Trinajstić information content (AvgIpc) is 2.97. The van der Waals surface area contributed by atoms with Gasteiger partial charge < -0.3 is 4.57 Å². The van der Waals surface area contributed by atoms with Gasteiger partial charge in [0.15, 0.2) is 4.80 Å². The Morgan fingerprint density at radius 2 is 1.83 bits per heavy atom. The van der Waals surface area contributed by atoms with E-state index in [9.17, 15) is 0 Å². The van der Waals surface area contributed by atoms with Gasteiger partial charge in [-0.2, -0.15) is 0 Å². The largest absolute Gasteiger partial charge is 0.314 e. The third-order valence-electron chi connectivity index (χ3n) is 4.83. The van der Waals surface area contributed by atoms with E-state index in [2.05, 4.69) is 72.3 Å². The number of aromatic nitrogens is 1. The first-order chi connectivity index (χ1) is 11.7. The van der Waals surface area contributed by atoms with Crippen LogP contribution in [0.25, 0.3) is 0 Å². The number of thiazole rings is 1. The second-order valence-electron chi connectivity index (χ2n) is 6.58. The Morgan fingerprint density at radius 3 is 2.67 bits per heavy atom. The van der Waals surface area contributed by atoms with Crippen molar-refractivity contribution in [2.45, 2.75) is 39.2 Å². The fourth-order valence-corrected chi connectivity index (χ4v) is 4.52. The van der Waals surface area contributed by atoms with Crippen LogP contribution < -0.4 is 4.80 Å². The van der Waals surface area contributed by atoms with Crippen LogP contribution in [0.2, 0.25) is 0 Å². The highest BCUT2D eigenvalue weighted by atomic mass is 32.1. The molecule has 1 atom stereocenters. The summed E-state index contributed by atoms with van der Waals surface area (Å²) in [6, 6.07) is 17.7. The van der Waals surface area contributed by atoms with Crippen LogP contribution in [0.4, 0.5) is 5.69 Å². The lowest BCUT2D eigenvalue weighted by Crippen LogP contribution is -2.26. The van der Waals surface area contributed by atoms with Crippen LogP contribution in [0, 0.1) is 13.8 Å². The zero-order valence-corrected chi connectivity index (χ0v) is 15.0. The van der Waals surface area contributed by atoms with Gasteiger partial charge in [0.25, 0.3) is 0 Å². The molecule has 122 valence electrons. The van der Waals surface area contributed by atoms with Crippen molar-refractivity contribution in [1.29, 1.82) is 0 Å². The molecule has 3 aromatic rings. The molecule has 0 N–H and O–H groups in total. The van der Waals surface area contributed by atoms with Crippen molar-refractivity contribution in [1.82, 2.24) is 4.57 Å². The van der Waals surface area contributed by atoms with E-state index in [4.69, 9.17) is 4.99 Å². The predicted octanol–water partition coefficient (Wildman–Crippen LogP) is 5.32. The molecule has 24 heavy (non-hydrogen) atoms. The molecule has 2 nitrogen and oxygen atoms in total. The van der Waals surface area contributed by atoms with Gasteiger partial charge in [-0.05, 0) is 56.4 Å². The molecule has 0 radical (unpaired) electrons. The summed E-state index contributed by atoms with van der Waals surface area (Å²) < 4.78 is 2.43. The lowest BCUT2D eigenvalue weighted by molar-refractivity contribution is 0.474. The highest BCUT2D eigenvalue weighted by Gasteiger charge is 2.23. The summed E-state index contributed by atoms with van der Waals surface area (Å²) in [6.07, 6.45) is 3.63. The topological polar surface area (TPSA) is 17.3 Å². The van der Waals surface area contributed by atoms with Crippen LogP contribution in [-0.2, 0) is 6.42 Å². The molecule has 3 heteroatoms. The number of fused-ring (bicyclic) bond motifs is 1. The van der Waals surface area contributed by atoms with Gasteiger partial charge >= 0.3 is 0 Å². The zero-order valence-electron chi connectivity index (χ0n) is 14.2. The van der Waals surface area contributed by atoms with E-state index < -0.39 is 0 Å². The monoisotopic (exact) mass is 334 g/mol. The standard InChI is InChI=1S/C21H22N2S/c1-15-10-12-18(13-11-15)22-21-23(16(2)14-24-21)20-9-5-7-17-6-3-4-8-19(17)20/h3-4,6,8,10-14,20H,5,7,9H2,1-2H3. The summed E-state index contributed by atoms with van der Waals surface area (Å²) in [7, 11) is 0. The molecule has 1 aliphatic rings. The van der Waals surface area contributed by atoms with Crippen LogP contribution >= 0.6 is 11.3 Å². The number of rotatable bonds is 2. The molecule has 0 spiro atoms. The van der Waals surface area contributed by atoms with E-state index in [1.54, 1.807) is 11.3 Å². The Balaban J connectivity index is 1.83. The Labute approximate surface area is 147 Å². The van der Waals surface area contributed by atoms with Crippen LogP contribution in [0.5, 0.6) is 0 Å². The maximum Gasteiger partial charge on any atom is 0.190 e. The summed E-state index contributed by atoms with van der Waals surface area (Å²) >= 11 is 1.74. The highest BCUT2D eigenvalue weighted by Crippen LogP contribution is 2.33. The minimum absolute atomic E-state index is 0.408. The van der Waals surface area contributed by atoms with Crippen molar-refractivity contribution in [2.75, 3.05) is 0 Å². The van der Waals surface area contributed by atoms with E-state index in [1.807, 2.05) is 0 Å². The lowest BCUT2D eigenvalue weighted by atomic mass is 9.87. The van der Waals surface area contributed by atoms with Gasteiger partial charge in [-0.3, -0.25) is 0 Å². The molecule has 0 aliphatic heterocycles. The normalized spacial score (nSPS) is 17.8. The maximum atomic E-state index is 4.93. The summed E-state index contributed by atoms with van der Waals surface area (Å²) in [5, 5.41) is 2.23. The quantitative estimate of drug-likeness (QED) is 0.603. The number of aryl methyl sites for hydroxylation is 3. The van der Waals surface area contributed by atoms with E-state index in [-0.39, 0.29) is 0 Å². The Kier molecular flexibility index (Phi) is 4.11. The smallest absolute Gasteiger partial charge is 0.190 e. The summed E-state index contributed by atoms with van der Waals surface area (Å²) in [5.41, 5.74) is 6.56. The van der Waals surface area contributed by atoms with Crippen molar-refractivity contribution < 1.29 is 0 Å². The van der Waals surface area contributed by atoms with Gasteiger partial charge in [0.05, 0.1) is 11.7 Å². The van der Waals surface area contributed by atoms with Gasteiger partial charge in [-0.1, -0.05) is 42.0 Å². The number of hydrogen-bond donors (Lipinski definition) is 0. The first-order valence-corrected chi connectivity index (χ1v) is 9.46. The van der Waals surface area contributed by atoms with Crippen molar-refractivity contribution in [3.63, 3.8) is 0 Å². The zero-order chi connectivity index (χ0) is 16.5. The molecular formula is C21H22N2S. The lowest BCUT2D eigenvalue weighted by Gasteiger charge is -2.27. The molecule has 0 fully saturated rings. The number of nitrogens with zero attached hydrogens (tertiary/aromatic N) is 2. The third-order valence-corrected chi connectivity index (χ3v) is 5.79. The summed E-state index contributed by atoms with van der Waals surface area (Å²) in [6.45, 7) is 4.31. The maximum absolute atomic E-state index is 4.93. The molecule has 4 rings (SSSR count). The highest BCUT2D eigenvalue weighted by molar-refractivity contribution is 7.07. The van der Waals surface area contributed by atoms with Crippen LogP contribution in [-0.4, -0.2) is 4.57 Å². The van der Waals surface area contributed by atoms with Crippen molar-refractivity contribution in [3.05, 3.63) is 81.1 Å². The Bertz CT molecular complexity index is 916. The predicted molar refractivity (Wildman–Crippen MR) is 101 cm³/mol. The minimum Gasteiger partial charge on any atom is -0.314 e. The molecule has 2 aromatic carbocycles. The van der Waals surface area contributed by atoms with Crippen molar-refractivity contribution in [3.8, 4) is 0 Å². The van der Waals surface area contributed by atoms with Crippen LogP contribution in [0.15, 0.2) is 58.9 Å². The molecular weight excluding hydrogens is 312 g/mol. The van der Waals surface area contributed by atoms with E-state index >= 15 is 0 Å². The molecule has 0 saturated heterocycles. The molecule has 1 aliphatic carbocycles. The average molecular weight is 334 g/mol. The first kappa shape index (κ1) is 15.4. The van der Waals surface area contributed by atoms with Crippen molar-refractivity contribution in [2.24, 2.45) is 4.99 Å². The molecule has 1 heterocycles. The second kappa shape index (κ2) is 6.40. The van der Waals surface area contributed by atoms with Crippen molar-refractivity contribution >= 4 is 17.0 Å². The van der Waals surface area contributed by atoms with Gasteiger partial charge in [0, 0.05) is 11.1 Å². The Morgan fingerprint density at radius 1 is 1.04 bits per heavy atom. The van der Waals surface area contributed by atoms with Crippen LogP contribution in [0.1, 0.15) is 41.3 Å². The summed E-state index contributed by atoms with van der Waals surface area (Å²) in [5.74, 6) is 0. The van der Waals surface area contributed by atoms with Gasteiger partial charge in [-0.15, -0.1) is 11.3 Å². The molecule has 0 amide bonds. The van der Waals surface area contributed by atoms with E-state index in [0.717, 1.165) is 10.5 Å². The summed E-state index contributed by atoms with van der Waals surface area (Å²) in [4.78, 5) is 6.03. The fraction of sp³-hybridized carbons (Fsp3) is 0.286. The van der Waals surface area contributed by atoms with Gasteiger partial charge in [0.2, 0.25) is 0 Å². The number of benzene rings is 2. The minimum atomic E-state index is 0.408. The number of hydrogen-bond acceptors (Lipinski definition) is 2.